The molecule has 3 heteroatoms. The first kappa shape index (κ1) is 12.3. The largest absolute Gasteiger partial charge is 0.497 e. The topological polar surface area (TPSA) is 34.2 Å². The van der Waals surface area contributed by atoms with Crippen molar-refractivity contribution in [2.45, 2.75) is 19.4 Å². The Labute approximate surface area is 107 Å². The first-order chi connectivity index (χ1) is 8.55. The van der Waals surface area contributed by atoms with Gasteiger partial charge in [-0.2, -0.15) is 0 Å². The highest BCUT2D eigenvalue weighted by Crippen LogP contribution is 2.27. The fraction of sp³-hybridized carbons (Fsp3) is 0.267. The summed E-state index contributed by atoms with van der Waals surface area (Å²) >= 11 is 0. The van der Waals surface area contributed by atoms with Crippen molar-refractivity contribution in [2.24, 2.45) is 0 Å². The number of terminal acetylenes is 1. The van der Waals surface area contributed by atoms with Crippen LogP contribution < -0.4 is 10.1 Å². The van der Waals surface area contributed by atoms with Gasteiger partial charge in [-0.05, 0) is 37.4 Å². The highest BCUT2D eigenvalue weighted by molar-refractivity contribution is 5.93. The Morgan fingerprint density at radius 2 is 2.11 bits per heavy atom. The van der Waals surface area contributed by atoms with Crippen LogP contribution in [0, 0.1) is 12.3 Å². The molecule has 1 N–H and O–H groups in total. The lowest BCUT2D eigenvalue weighted by Crippen LogP contribution is -2.29. The maximum atomic E-state index is 5.49. The maximum Gasteiger partial charge on any atom is 0.135 e. The smallest absolute Gasteiger partial charge is 0.135 e. The molecule has 0 saturated heterocycles. The normalized spacial score (nSPS) is 11.0. The molecule has 2 rings (SSSR count). The maximum absolute atomic E-state index is 5.49. The van der Waals surface area contributed by atoms with Gasteiger partial charge < -0.3 is 10.1 Å². The number of nitrogens with zero attached hydrogens (tertiary/aromatic N) is 1. The summed E-state index contributed by atoms with van der Waals surface area (Å²) in [4.78, 5) is 4.35. The number of hydrogen-bond donors (Lipinski definition) is 1. The van der Waals surface area contributed by atoms with Gasteiger partial charge in [-0.1, -0.05) is 12.0 Å². The standard InChI is InChI=1S/C15H16N2O/c1-5-15(2,3)17-14-13-10-12(18-4)7-6-11(13)8-9-16-14/h1,6-10H,2-4H3,(H,16,17). The lowest BCUT2D eigenvalue weighted by atomic mass is 10.1. The highest BCUT2D eigenvalue weighted by atomic mass is 16.5. The summed E-state index contributed by atoms with van der Waals surface area (Å²) in [6.45, 7) is 3.88. The Bertz CT molecular complexity index is 611. The predicted molar refractivity (Wildman–Crippen MR) is 74.8 cm³/mol. The van der Waals surface area contributed by atoms with Crippen molar-refractivity contribution in [3.8, 4) is 18.1 Å². The zero-order valence-electron chi connectivity index (χ0n) is 10.8. The van der Waals surface area contributed by atoms with Crippen molar-refractivity contribution in [1.82, 2.24) is 4.98 Å². The molecule has 2 aromatic rings. The molecule has 0 spiro atoms. The average Bonchev–Trinajstić information content (AvgIpc) is 2.38. The minimum absolute atomic E-state index is 0.440. The van der Waals surface area contributed by atoms with E-state index in [1.807, 2.05) is 38.1 Å². The van der Waals surface area contributed by atoms with E-state index in [0.29, 0.717) is 0 Å². The third-order valence-electron chi connectivity index (χ3n) is 2.77. The first-order valence-corrected chi connectivity index (χ1v) is 5.74. The van der Waals surface area contributed by atoms with Crippen LogP contribution >= 0.6 is 0 Å². The minimum Gasteiger partial charge on any atom is -0.497 e. The van der Waals surface area contributed by atoms with Crippen molar-refractivity contribution < 1.29 is 4.74 Å². The van der Waals surface area contributed by atoms with E-state index in [9.17, 15) is 0 Å². The summed E-state index contributed by atoms with van der Waals surface area (Å²) in [5.41, 5.74) is -0.440. The molecule has 0 bridgehead atoms. The van der Waals surface area contributed by atoms with E-state index in [1.165, 1.54) is 0 Å². The van der Waals surface area contributed by atoms with Crippen molar-refractivity contribution in [3.63, 3.8) is 0 Å². The van der Waals surface area contributed by atoms with Gasteiger partial charge >= 0.3 is 0 Å². The Morgan fingerprint density at radius 1 is 1.33 bits per heavy atom. The molecule has 0 fully saturated rings. The predicted octanol–water partition coefficient (Wildman–Crippen LogP) is 3.07. The quantitative estimate of drug-likeness (QED) is 0.837. The molecule has 1 aromatic heterocycles. The zero-order valence-corrected chi connectivity index (χ0v) is 10.8. The average molecular weight is 240 g/mol. The van der Waals surface area contributed by atoms with Crippen molar-refractivity contribution >= 4 is 16.6 Å². The molecule has 0 aliphatic rings. The Hall–Kier alpha value is -2.21. The summed E-state index contributed by atoms with van der Waals surface area (Å²) in [5, 5.41) is 5.36. The molecule has 1 aromatic carbocycles. The molecular weight excluding hydrogens is 224 g/mol. The fourth-order valence-corrected chi connectivity index (χ4v) is 1.71. The number of hydrogen-bond acceptors (Lipinski definition) is 3. The molecule has 1 heterocycles. The van der Waals surface area contributed by atoms with E-state index < -0.39 is 5.54 Å². The summed E-state index contributed by atoms with van der Waals surface area (Å²) in [6.07, 6.45) is 7.26. The van der Waals surface area contributed by atoms with Gasteiger partial charge in [0, 0.05) is 11.6 Å². The van der Waals surface area contributed by atoms with Gasteiger partial charge in [0.1, 0.15) is 11.6 Å². The molecule has 0 radical (unpaired) electrons. The molecular formula is C15H16N2O. The van der Waals surface area contributed by atoms with Gasteiger partial charge in [-0.15, -0.1) is 6.42 Å². The summed E-state index contributed by atoms with van der Waals surface area (Å²) < 4.78 is 5.24. The second-order valence-corrected chi connectivity index (χ2v) is 4.64. The SMILES string of the molecule is C#CC(C)(C)Nc1nccc2ccc(OC)cc12. The monoisotopic (exact) mass is 240 g/mol. The van der Waals surface area contributed by atoms with Gasteiger partial charge in [0.2, 0.25) is 0 Å². The van der Waals surface area contributed by atoms with Gasteiger partial charge in [-0.3, -0.25) is 0 Å². The summed E-state index contributed by atoms with van der Waals surface area (Å²) in [7, 11) is 1.65. The van der Waals surface area contributed by atoms with E-state index in [-0.39, 0.29) is 0 Å². The number of aromatic nitrogens is 1. The number of anilines is 1. The number of fused-ring (bicyclic) bond motifs is 1. The van der Waals surface area contributed by atoms with Gasteiger partial charge in [0.15, 0.2) is 0 Å². The Morgan fingerprint density at radius 3 is 2.78 bits per heavy atom. The van der Waals surface area contributed by atoms with Crippen molar-refractivity contribution in [3.05, 3.63) is 30.5 Å². The minimum atomic E-state index is -0.440. The van der Waals surface area contributed by atoms with Crippen LogP contribution in [0.3, 0.4) is 0 Å². The van der Waals surface area contributed by atoms with Crippen LogP contribution in [0.4, 0.5) is 5.82 Å². The second kappa shape index (κ2) is 4.58. The first-order valence-electron chi connectivity index (χ1n) is 5.74. The number of ether oxygens (including phenoxy) is 1. The molecule has 0 atom stereocenters. The van der Waals surface area contributed by atoms with Gasteiger partial charge in [-0.25, -0.2) is 4.98 Å². The lowest BCUT2D eigenvalue weighted by molar-refractivity contribution is 0.415. The van der Waals surface area contributed by atoms with Crippen LogP contribution in [0.15, 0.2) is 30.5 Å². The molecule has 0 saturated carbocycles. The van der Waals surface area contributed by atoms with Crippen molar-refractivity contribution in [2.75, 3.05) is 12.4 Å². The van der Waals surface area contributed by atoms with E-state index in [4.69, 9.17) is 11.2 Å². The van der Waals surface area contributed by atoms with Crippen LogP contribution in [0.5, 0.6) is 5.75 Å². The number of nitrogens with one attached hydrogen (secondary N) is 1. The summed E-state index contributed by atoms with van der Waals surface area (Å²) in [6, 6.07) is 7.85. The molecule has 0 unspecified atom stereocenters. The van der Waals surface area contributed by atoms with Crippen molar-refractivity contribution in [1.29, 1.82) is 0 Å². The Balaban J connectivity index is 2.54. The zero-order chi connectivity index (χ0) is 13.2. The third-order valence-corrected chi connectivity index (χ3v) is 2.77. The fourth-order valence-electron chi connectivity index (χ4n) is 1.71. The van der Waals surface area contributed by atoms with E-state index >= 15 is 0 Å². The molecule has 0 aliphatic heterocycles. The van der Waals surface area contributed by atoms with Crippen LogP contribution in [0.1, 0.15) is 13.8 Å². The van der Waals surface area contributed by atoms with Crippen LogP contribution in [0.2, 0.25) is 0 Å². The van der Waals surface area contributed by atoms with Crippen LogP contribution in [-0.4, -0.2) is 17.6 Å². The van der Waals surface area contributed by atoms with Gasteiger partial charge in [0.25, 0.3) is 0 Å². The number of benzene rings is 1. The molecule has 18 heavy (non-hydrogen) atoms. The van der Waals surface area contributed by atoms with E-state index in [2.05, 4.69) is 16.2 Å². The van der Waals surface area contributed by atoms with Crippen LogP contribution in [0.25, 0.3) is 10.8 Å². The van der Waals surface area contributed by atoms with Gasteiger partial charge in [0.05, 0.1) is 12.6 Å². The van der Waals surface area contributed by atoms with E-state index in [0.717, 1.165) is 22.3 Å². The lowest BCUT2D eigenvalue weighted by Gasteiger charge is -2.21. The van der Waals surface area contributed by atoms with E-state index in [1.54, 1.807) is 13.3 Å². The number of pyridine rings is 1. The third kappa shape index (κ3) is 2.38. The molecule has 0 aliphatic carbocycles. The molecule has 3 nitrogen and oxygen atoms in total. The number of methoxy groups -OCH3 is 1. The molecule has 92 valence electrons. The Kier molecular flexibility index (Phi) is 3.12. The van der Waals surface area contributed by atoms with Crippen LogP contribution in [-0.2, 0) is 0 Å². The second-order valence-electron chi connectivity index (χ2n) is 4.64. The molecule has 0 amide bonds. The highest BCUT2D eigenvalue weighted by Gasteiger charge is 2.15. The number of rotatable bonds is 3. The summed E-state index contributed by atoms with van der Waals surface area (Å²) in [5.74, 6) is 4.28.